The van der Waals surface area contributed by atoms with Crippen LogP contribution in [-0.2, 0) is 11.3 Å². The van der Waals surface area contributed by atoms with Gasteiger partial charge in [-0.25, -0.2) is 0 Å². The van der Waals surface area contributed by atoms with Gasteiger partial charge in [0.1, 0.15) is 5.75 Å². The summed E-state index contributed by atoms with van der Waals surface area (Å²) < 4.78 is 6.71. The smallest absolute Gasteiger partial charge is 0.307 e. The van der Waals surface area contributed by atoms with Gasteiger partial charge in [-0.15, -0.1) is 0 Å². The Morgan fingerprint density at radius 2 is 2.21 bits per heavy atom. The maximum Gasteiger partial charge on any atom is 0.307 e. The van der Waals surface area contributed by atoms with Crippen LogP contribution in [0.2, 0.25) is 0 Å². The fourth-order valence-corrected chi connectivity index (χ4v) is 2.95. The molecule has 0 aliphatic rings. The third-order valence-corrected chi connectivity index (χ3v) is 4.31. The average molecular weight is 351 g/mol. The van der Waals surface area contributed by atoms with Crippen molar-refractivity contribution in [3.63, 3.8) is 0 Å². The second-order valence-corrected chi connectivity index (χ2v) is 5.91. The van der Waals surface area contributed by atoms with E-state index in [0.717, 1.165) is 17.0 Å². The van der Waals surface area contributed by atoms with Crippen LogP contribution < -0.4 is 14.9 Å². The second-order valence-electron chi connectivity index (χ2n) is 5.09. The number of carbonyl (C=O) groups is 1. The molecule has 2 aromatic rings. The Morgan fingerprint density at radius 1 is 1.46 bits per heavy atom. The predicted octanol–water partition coefficient (Wildman–Crippen LogP) is 2.55. The molecular weight excluding hydrogens is 334 g/mol. The molecule has 0 unspecified atom stereocenters. The van der Waals surface area contributed by atoms with E-state index in [1.54, 1.807) is 9.95 Å². The summed E-state index contributed by atoms with van der Waals surface area (Å²) in [6, 6.07) is 3.99. The molecule has 0 saturated heterocycles. The summed E-state index contributed by atoms with van der Waals surface area (Å²) in [5.74, 6) is 0.0496. The molecule has 0 spiro atoms. The first-order valence-corrected chi connectivity index (χ1v) is 8.07. The van der Waals surface area contributed by atoms with Crippen molar-refractivity contribution in [3.8, 4) is 5.75 Å². The number of methoxy groups -OCH3 is 1. The van der Waals surface area contributed by atoms with Crippen LogP contribution in [0, 0.1) is 17.0 Å². The molecule has 1 amide bonds. The van der Waals surface area contributed by atoms with Crippen molar-refractivity contribution in [2.45, 2.75) is 26.3 Å². The van der Waals surface area contributed by atoms with Crippen LogP contribution in [0.5, 0.6) is 5.75 Å². The summed E-state index contributed by atoms with van der Waals surface area (Å²) in [4.78, 5) is 33.9. The third kappa shape index (κ3) is 4.19. The first-order valence-electron chi connectivity index (χ1n) is 7.19. The highest BCUT2D eigenvalue weighted by Gasteiger charge is 2.13. The number of nitro benzene ring substituents is 1. The summed E-state index contributed by atoms with van der Waals surface area (Å²) in [5, 5.41) is 15.2. The lowest BCUT2D eigenvalue weighted by molar-refractivity contribution is -0.384. The molecule has 1 aromatic carbocycles. The molecule has 0 fully saturated rings. The number of nitrogens with one attached hydrogen (secondary N) is 1. The molecule has 24 heavy (non-hydrogen) atoms. The van der Waals surface area contributed by atoms with E-state index in [1.165, 1.54) is 25.3 Å². The van der Waals surface area contributed by atoms with E-state index in [9.17, 15) is 19.7 Å². The topological polar surface area (TPSA) is 103 Å². The van der Waals surface area contributed by atoms with Crippen LogP contribution in [0.15, 0.2) is 28.4 Å². The minimum atomic E-state index is -0.541. The number of thiazole rings is 1. The number of ether oxygens (including phenoxy) is 1. The third-order valence-electron chi connectivity index (χ3n) is 3.43. The Balaban J connectivity index is 1.98. The molecule has 0 bridgehead atoms. The lowest BCUT2D eigenvalue weighted by Gasteiger charge is -2.10. The van der Waals surface area contributed by atoms with E-state index in [0.29, 0.717) is 18.7 Å². The van der Waals surface area contributed by atoms with Crippen molar-refractivity contribution in [1.29, 1.82) is 0 Å². The summed E-state index contributed by atoms with van der Waals surface area (Å²) >= 11 is 1.13. The molecule has 9 heteroatoms. The van der Waals surface area contributed by atoms with Gasteiger partial charge in [0.05, 0.1) is 17.7 Å². The van der Waals surface area contributed by atoms with Crippen molar-refractivity contribution >= 4 is 28.6 Å². The number of anilines is 1. The standard InChI is InChI=1S/C15H17N3O5S/c1-10-9-24-15(20)17(10)7-3-4-14(19)16-12-8-11(18(21)22)5-6-13(12)23-2/h5-6,8-9H,3-4,7H2,1-2H3,(H,16,19). The molecule has 2 rings (SSSR count). The zero-order valence-corrected chi connectivity index (χ0v) is 14.1. The Morgan fingerprint density at radius 3 is 2.79 bits per heavy atom. The number of nitrogens with zero attached hydrogens (tertiary/aromatic N) is 2. The monoisotopic (exact) mass is 351 g/mol. The van der Waals surface area contributed by atoms with Gasteiger partial charge in [-0.3, -0.25) is 19.7 Å². The van der Waals surface area contributed by atoms with Gasteiger partial charge in [-0.2, -0.15) is 0 Å². The van der Waals surface area contributed by atoms with E-state index in [-0.39, 0.29) is 28.6 Å². The molecule has 0 radical (unpaired) electrons. The number of aromatic nitrogens is 1. The maximum atomic E-state index is 12.0. The summed E-state index contributed by atoms with van der Waals surface area (Å²) in [6.07, 6.45) is 0.675. The number of benzene rings is 1. The van der Waals surface area contributed by atoms with Crippen LogP contribution in [-0.4, -0.2) is 22.5 Å². The largest absolute Gasteiger partial charge is 0.495 e. The van der Waals surface area contributed by atoms with Crippen molar-refractivity contribution in [1.82, 2.24) is 4.57 Å². The van der Waals surface area contributed by atoms with Crippen molar-refractivity contribution in [3.05, 3.63) is 49.1 Å². The molecule has 128 valence electrons. The van der Waals surface area contributed by atoms with Crippen LogP contribution in [0.4, 0.5) is 11.4 Å². The van der Waals surface area contributed by atoms with Gasteiger partial charge < -0.3 is 14.6 Å². The number of rotatable bonds is 7. The van der Waals surface area contributed by atoms with E-state index < -0.39 is 4.92 Å². The van der Waals surface area contributed by atoms with Crippen LogP contribution in [0.3, 0.4) is 0 Å². The minimum absolute atomic E-state index is 0.0479. The fraction of sp³-hybridized carbons (Fsp3) is 0.333. The highest BCUT2D eigenvalue weighted by atomic mass is 32.1. The summed E-state index contributed by atoms with van der Waals surface area (Å²) in [7, 11) is 1.42. The number of amides is 1. The van der Waals surface area contributed by atoms with Gasteiger partial charge >= 0.3 is 4.87 Å². The van der Waals surface area contributed by atoms with Crippen LogP contribution >= 0.6 is 11.3 Å². The Hall–Kier alpha value is -2.68. The molecule has 1 N–H and O–H groups in total. The molecule has 0 aliphatic heterocycles. The number of hydrogen-bond donors (Lipinski definition) is 1. The maximum absolute atomic E-state index is 12.0. The second kappa shape index (κ2) is 7.73. The highest BCUT2D eigenvalue weighted by molar-refractivity contribution is 7.07. The molecule has 0 saturated carbocycles. The van der Waals surface area contributed by atoms with Crippen LogP contribution in [0.25, 0.3) is 0 Å². The number of nitro groups is 1. The SMILES string of the molecule is COc1ccc([N+](=O)[O-])cc1NC(=O)CCCn1c(C)csc1=O. The zero-order valence-electron chi connectivity index (χ0n) is 13.3. The first kappa shape index (κ1) is 17.7. The fourth-order valence-electron chi connectivity index (χ4n) is 2.19. The number of carbonyl (C=O) groups excluding carboxylic acids is 1. The number of hydrogen-bond acceptors (Lipinski definition) is 6. The van der Waals surface area contributed by atoms with Gasteiger partial charge in [0.25, 0.3) is 5.69 Å². The van der Waals surface area contributed by atoms with Crippen molar-refractivity contribution in [2.75, 3.05) is 12.4 Å². The molecule has 1 aromatic heterocycles. The van der Waals surface area contributed by atoms with Crippen molar-refractivity contribution < 1.29 is 14.5 Å². The quantitative estimate of drug-likeness (QED) is 0.610. The molecule has 1 heterocycles. The van der Waals surface area contributed by atoms with E-state index in [1.807, 2.05) is 6.92 Å². The Bertz CT molecular complexity index is 812. The normalized spacial score (nSPS) is 10.4. The predicted molar refractivity (Wildman–Crippen MR) is 90.8 cm³/mol. The average Bonchev–Trinajstić information content (AvgIpc) is 2.86. The van der Waals surface area contributed by atoms with Gasteiger partial charge in [0.2, 0.25) is 5.91 Å². The lowest BCUT2D eigenvalue weighted by Crippen LogP contribution is -2.17. The number of non-ortho nitro benzene ring substituents is 1. The van der Waals surface area contributed by atoms with Crippen LogP contribution in [0.1, 0.15) is 18.5 Å². The molecule has 0 atom stereocenters. The van der Waals surface area contributed by atoms with E-state index in [4.69, 9.17) is 4.74 Å². The summed E-state index contributed by atoms with van der Waals surface area (Å²) in [5.41, 5.74) is 0.984. The van der Waals surface area contributed by atoms with Gasteiger partial charge in [0, 0.05) is 36.2 Å². The number of aryl methyl sites for hydroxylation is 1. The van der Waals surface area contributed by atoms with E-state index >= 15 is 0 Å². The van der Waals surface area contributed by atoms with Gasteiger partial charge in [0.15, 0.2) is 0 Å². The Labute approximate surface area is 141 Å². The zero-order chi connectivity index (χ0) is 17.7. The lowest BCUT2D eigenvalue weighted by atomic mass is 10.2. The van der Waals surface area contributed by atoms with E-state index in [2.05, 4.69) is 5.32 Å². The minimum Gasteiger partial charge on any atom is -0.495 e. The van der Waals surface area contributed by atoms with Gasteiger partial charge in [-0.1, -0.05) is 11.3 Å². The van der Waals surface area contributed by atoms with Crippen molar-refractivity contribution in [2.24, 2.45) is 0 Å². The molecule has 8 nitrogen and oxygen atoms in total. The molecule has 0 aliphatic carbocycles. The van der Waals surface area contributed by atoms with Gasteiger partial charge in [-0.05, 0) is 19.4 Å². The molecular formula is C15H17N3O5S. The first-order chi connectivity index (χ1) is 11.4. The Kier molecular flexibility index (Phi) is 5.69. The summed E-state index contributed by atoms with van der Waals surface area (Å²) in [6.45, 7) is 2.29. The highest BCUT2D eigenvalue weighted by Crippen LogP contribution is 2.29.